The van der Waals surface area contributed by atoms with E-state index in [1.807, 2.05) is 0 Å². The molecule has 0 aromatic rings. The van der Waals surface area contributed by atoms with Crippen molar-refractivity contribution in [3.63, 3.8) is 0 Å². The Morgan fingerprint density at radius 1 is 0.523 bits per heavy atom. The van der Waals surface area contributed by atoms with Crippen molar-refractivity contribution >= 4 is 29.5 Å². The largest absolute Gasteiger partial charge is 0.480 e. The van der Waals surface area contributed by atoms with Crippen LogP contribution in [-0.4, -0.2) is 41.1 Å². The monoisotopic (exact) mass is 644 g/mol. The molecule has 0 aliphatic carbocycles. The molecule has 0 saturated carbocycles. The van der Waals surface area contributed by atoms with Gasteiger partial charge in [-0.1, -0.05) is 168 Å². The summed E-state index contributed by atoms with van der Waals surface area (Å²) in [4.78, 5) is 35.9. The summed E-state index contributed by atoms with van der Waals surface area (Å²) in [5.74, 6) is -1.99. The molecule has 0 aromatic heterocycles. The van der Waals surface area contributed by atoms with Crippen molar-refractivity contribution in [1.29, 1.82) is 0 Å². The number of esters is 2. The second-order valence-electron chi connectivity index (χ2n) is 12.8. The van der Waals surface area contributed by atoms with E-state index >= 15 is 0 Å². The summed E-state index contributed by atoms with van der Waals surface area (Å²) in [7, 11) is 0. The van der Waals surface area contributed by atoms with E-state index in [9.17, 15) is 19.5 Å². The third-order valence-corrected chi connectivity index (χ3v) is 8.95. The summed E-state index contributed by atoms with van der Waals surface area (Å²) >= 11 is 6.01. The summed E-state index contributed by atoms with van der Waals surface area (Å²) in [5.41, 5.74) is 0. The standard InChI is InChI=1S/C37H69ClO6/c1-3-5-7-9-11-13-15-17-19-21-23-25-27-29-34(39)43-32-31-33(36(38)37(41)42)44-35(40)30-28-26-24-22-20-18-16-14-12-10-8-6-4-2/h33,36H,3-32H2,1-2H3,(H,41,42). The fraction of sp³-hybridized carbons (Fsp3) is 0.919. The van der Waals surface area contributed by atoms with Crippen LogP contribution in [0, 0.1) is 0 Å². The molecule has 0 rings (SSSR count). The third kappa shape index (κ3) is 29.4. The van der Waals surface area contributed by atoms with Crippen molar-refractivity contribution in [2.45, 2.75) is 212 Å². The maximum absolute atomic E-state index is 12.3. The lowest BCUT2D eigenvalue weighted by Crippen LogP contribution is -2.34. The Bertz CT molecular complexity index is 670. The zero-order chi connectivity index (χ0) is 32.5. The lowest BCUT2D eigenvalue weighted by Gasteiger charge is -2.20. The molecule has 0 fully saturated rings. The van der Waals surface area contributed by atoms with E-state index in [-0.39, 0.29) is 25.4 Å². The van der Waals surface area contributed by atoms with Crippen LogP contribution < -0.4 is 0 Å². The molecular weight excluding hydrogens is 576 g/mol. The molecule has 1 N–H and O–H groups in total. The molecule has 0 aliphatic heterocycles. The maximum atomic E-state index is 12.3. The van der Waals surface area contributed by atoms with Gasteiger partial charge in [0, 0.05) is 19.3 Å². The Morgan fingerprint density at radius 2 is 0.841 bits per heavy atom. The second kappa shape index (κ2) is 33.1. The van der Waals surface area contributed by atoms with Crippen molar-refractivity contribution in [1.82, 2.24) is 0 Å². The van der Waals surface area contributed by atoms with Crippen LogP contribution in [-0.2, 0) is 23.9 Å². The van der Waals surface area contributed by atoms with E-state index in [4.69, 9.17) is 21.1 Å². The van der Waals surface area contributed by atoms with Gasteiger partial charge in [-0.15, -0.1) is 11.6 Å². The van der Waals surface area contributed by atoms with Crippen molar-refractivity contribution in [2.24, 2.45) is 0 Å². The van der Waals surface area contributed by atoms with Gasteiger partial charge in [0.05, 0.1) is 6.61 Å². The van der Waals surface area contributed by atoms with Crippen LogP contribution in [0.2, 0.25) is 0 Å². The molecule has 0 amide bonds. The van der Waals surface area contributed by atoms with E-state index < -0.39 is 23.4 Å². The van der Waals surface area contributed by atoms with E-state index in [1.54, 1.807) is 0 Å². The minimum atomic E-state index is -1.37. The van der Waals surface area contributed by atoms with Crippen LogP contribution in [0.4, 0.5) is 0 Å². The Morgan fingerprint density at radius 3 is 1.18 bits per heavy atom. The fourth-order valence-corrected chi connectivity index (χ4v) is 5.76. The molecule has 0 heterocycles. The van der Waals surface area contributed by atoms with Crippen LogP contribution >= 0.6 is 11.6 Å². The summed E-state index contributed by atoms with van der Waals surface area (Å²) in [6, 6.07) is 0. The first kappa shape index (κ1) is 42.7. The van der Waals surface area contributed by atoms with Crippen molar-refractivity contribution in [3.05, 3.63) is 0 Å². The van der Waals surface area contributed by atoms with Gasteiger partial charge in [0.1, 0.15) is 6.10 Å². The Kier molecular flexibility index (Phi) is 32.1. The van der Waals surface area contributed by atoms with E-state index in [0.717, 1.165) is 38.5 Å². The van der Waals surface area contributed by atoms with Crippen LogP contribution in [0.5, 0.6) is 0 Å². The second-order valence-corrected chi connectivity index (χ2v) is 13.2. The molecule has 6 nitrogen and oxygen atoms in total. The van der Waals surface area contributed by atoms with Gasteiger partial charge in [-0.3, -0.25) is 14.4 Å². The van der Waals surface area contributed by atoms with Crippen LogP contribution in [0.3, 0.4) is 0 Å². The molecule has 44 heavy (non-hydrogen) atoms. The van der Waals surface area contributed by atoms with Gasteiger partial charge in [-0.2, -0.15) is 0 Å². The van der Waals surface area contributed by atoms with Crippen molar-refractivity contribution in [3.8, 4) is 0 Å². The predicted octanol–water partition coefficient (Wildman–Crippen LogP) is 11.5. The molecule has 0 spiro atoms. The van der Waals surface area contributed by atoms with Gasteiger partial charge < -0.3 is 14.6 Å². The number of halogens is 1. The topological polar surface area (TPSA) is 89.9 Å². The molecule has 7 heteroatoms. The first-order valence-electron chi connectivity index (χ1n) is 18.6. The Labute approximate surface area is 276 Å². The first-order chi connectivity index (χ1) is 21.4. The van der Waals surface area contributed by atoms with Crippen LogP contribution in [0.15, 0.2) is 0 Å². The highest BCUT2D eigenvalue weighted by Crippen LogP contribution is 2.17. The number of carbonyl (C=O) groups is 3. The highest BCUT2D eigenvalue weighted by Gasteiger charge is 2.29. The van der Waals surface area contributed by atoms with E-state index in [2.05, 4.69) is 13.8 Å². The molecule has 0 aliphatic rings. The Hall–Kier alpha value is -1.30. The SMILES string of the molecule is CCCCCCCCCCCCCCCC(=O)OCCC(OC(=O)CCCCCCCCCCCCCCC)C(Cl)C(=O)O. The number of ether oxygens (including phenoxy) is 2. The zero-order valence-corrected chi connectivity index (χ0v) is 29.5. The summed E-state index contributed by atoms with van der Waals surface area (Å²) in [5, 5.41) is 7.96. The number of carboxylic acid groups (broad SMARTS) is 1. The number of hydrogen-bond donors (Lipinski definition) is 1. The van der Waals surface area contributed by atoms with Crippen LogP contribution in [0.1, 0.15) is 200 Å². The summed E-state index contributed by atoms with van der Waals surface area (Å²) in [6.45, 7) is 4.49. The maximum Gasteiger partial charge on any atom is 0.325 e. The molecule has 260 valence electrons. The summed E-state index contributed by atoms with van der Waals surface area (Å²) in [6.07, 6.45) is 31.7. The van der Waals surface area contributed by atoms with Gasteiger partial charge >= 0.3 is 17.9 Å². The predicted molar refractivity (Wildman–Crippen MR) is 183 cm³/mol. The lowest BCUT2D eigenvalue weighted by molar-refractivity contribution is -0.154. The smallest absolute Gasteiger partial charge is 0.325 e. The molecule has 2 unspecified atom stereocenters. The Balaban J connectivity index is 3.86. The van der Waals surface area contributed by atoms with E-state index in [1.165, 1.54) is 128 Å². The number of carboxylic acids is 1. The zero-order valence-electron chi connectivity index (χ0n) is 28.7. The molecule has 0 bridgehead atoms. The molecule has 0 saturated heterocycles. The fourth-order valence-electron chi connectivity index (χ4n) is 5.59. The number of aliphatic carboxylic acids is 1. The number of carbonyl (C=O) groups excluding carboxylic acids is 2. The number of rotatable bonds is 34. The number of hydrogen-bond acceptors (Lipinski definition) is 5. The third-order valence-electron chi connectivity index (χ3n) is 8.48. The first-order valence-corrected chi connectivity index (χ1v) is 19.1. The van der Waals surface area contributed by atoms with Gasteiger partial charge in [0.2, 0.25) is 0 Å². The van der Waals surface area contributed by atoms with Gasteiger partial charge in [-0.25, -0.2) is 0 Å². The lowest BCUT2D eigenvalue weighted by atomic mass is 10.0. The highest BCUT2D eigenvalue weighted by molar-refractivity contribution is 6.30. The summed E-state index contributed by atoms with van der Waals surface area (Å²) < 4.78 is 10.7. The average molecular weight is 645 g/mol. The number of alkyl halides is 1. The molecule has 0 aromatic carbocycles. The number of unbranched alkanes of at least 4 members (excludes halogenated alkanes) is 24. The van der Waals surface area contributed by atoms with E-state index in [0.29, 0.717) is 6.42 Å². The van der Waals surface area contributed by atoms with Crippen molar-refractivity contribution in [2.75, 3.05) is 6.61 Å². The van der Waals surface area contributed by atoms with Crippen LogP contribution in [0.25, 0.3) is 0 Å². The van der Waals surface area contributed by atoms with Crippen molar-refractivity contribution < 1.29 is 29.0 Å². The average Bonchev–Trinajstić information content (AvgIpc) is 3.00. The quantitative estimate of drug-likeness (QED) is 0.0426. The minimum Gasteiger partial charge on any atom is -0.480 e. The molecule has 2 atom stereocenters. The normalized spacial score (nSPS) is 12.6. The van der Waals surface area contributed by atoms with Gasteiger partial charge in [0.15, 0.2) is 5.38 Å². The van der Waals surface area contributed by atoms with Gasteiger partial charge in [-0.05, 0) is 12.8 Å². The highest BCUT2D eigenvalue weighted by atomic mass is 35.5. The molecule has 0 radical (unpaired) electrons. The van der Waals surface area contributed by atoms with Gasteiger partial charge in [0.25, 0.3) is 0 Å². The minimum absolute atomic E-state index is 0.00946. The molecular formula is C37H69ClO6.